The highest BCUT2D eigenvalue weighted by Gasteiger charge is 2.34. The fourth-order valence-electron chi connectivity index (χ4n) is 2.07. The number of morpholine rings is 1. The van der Waals surface area contributed by atoms with Crippen LogP contribution in [0.5, 0.6) is 0 Å². The van der Waals surface area contributed by atoms with Crippen molar-refractivity contribution >= 4 is 5.91 Å². The summed E-state index contributed by atoms with van der Waals surface area (Å²) < 4.78 is 5.30. The summed E-state index contributed by atoms with van der Waals surface area (Å²) in [5.41, 5.74) is 0. The second-order valence-corrected chi connectivity index (χ2v) is 4.61. The van der Waals surface area contributed by atoms with E-state index in [1.54, 1.807) is 0 Å². The molecule has 1 heterocycles. The minimum Gasteiger partial charge on any atom is -0.378 e. The predicted octanol–water partition coefficient (Wildman–Crippen LogP) is 0.232. The van der Waals surface area contributed by atoms with Crippen molar-refractivity contribution in [2.45, 2.75) is 31.8 Å². The summed E-state index contributed by atoms with van der Waals surface area (Å²) in [5, 5.41) is 3.20. The smallest absolute Gasteiger partial charge is 0.242 e. The lowest BCUT2D eigenvalue weighted by molar-refractivity contribution is -0.137. The highest BCUT2D eigenvalue weighted by molar-refractivity contribution is 5.82. The van der Waals surface area contributed by atoms with Gasteiger partial charge in [0.25, 0.3) is 0 Å². The van der Waals surface area contributed by atoms with Gasteiger partial charge in [0.05, 0.1) is 13.2 Å². The number of nitrogens with zero attached hydrogens (tertiary/aromatic N) is 1. The highest BCUT2D eigenvalue weighted by atomic mass is 16.5. The maximum atomic E-state index is 12.1. The van der Waals surface area contributed by atoms with Gasteiger partial charge in [0, 0.05) is 19.6 Å². The number of ether oxygens (including phenoxy) is 1. The standard InChI is InChI=1S/C11H20N2O2/c1-8(9-3-4-9)13(2)11(14)10-7-15-6-5-12-10/h8-10,12H,3-7H2,1-2H3. The molecule has 2 aliphatic rings. The molecule has 2 unspecified atom stereocenters. The van der Waals surface area contributed by atoms with Gasteiger partial charge in [-0.2, -0.15) is 0 Å². The summed E-state index contributed by atoms with van der Waals surface area (Å²) in [6.07, 6.45) is 2.54. The number of hydrogen-bond acceptors (Lipinski definition) is 3. The normalized spacial score (nSPS) is 28.5. The van der Waals surface area contributed by atoms with Crippen LogP contribution in [0, 0.1) is 5.92 Å². The van der Waals surface area contributed by atoms with E-state index in [0.29, 0.717) is 19.3 Å². The summed E-state index contributed by atoms with van der Waals surface area (Å²) >= 11 is 0. The third-order valence-corrected chi connectivity index (χ3v) is 3.48. The number of nitrogens with one attached hydrogen (secondary N) is 1. The molecule has 0 spiro atoms. The van der Waals surface area contributed by atoms with Gasteiger partial charge in [-0.05, 0) is 25.7 Å². The topological polar surface area (TPSA) is 41.6 Å². The molecule has 0 aromatic rings. The predicted molar refractivity (Wildman–Crippen MR) is 57.6 cm³/mol. The number of carbonyl (C=O) groups excluding carboxylic acids is 1. The molecule has 4 nitrogen and oxygen atoms in total. The van der Waals surface area contributed by atoms with E-state index in [2.05, 4.69) is 12.2 Å². The van der Waals surface area contributed by atoms with Gasteiger partial charge in [-0.25, -0.2) is 0 Å². The average molecular weight is 212 g/mol. The van der Waals surface area contributed by atoms with Crippen LogP contribution in [0.4, 0.5) is 0 Å². The largest absolute Gasteiger partial charge is 0.378 e. The van der Waals surface area contributed by atoms with Crippen LogP contribution < -0.4 is 5.32 Å². The first-order valence-electron chi connectivity index (χ1n) is 5.78. The second-order valence-electron chi connectivity index (χ2n) is 4.61. The van der Waals surface area contributed by atoms with E-state index >= 15 is 0 Å². The van der Waals surface area contributed by atoms with Gasteiger partial charge in [0.15, 0.2) is 0 Å². The lowest BCUT2D eigenvalue weighted by Crippen LogP contribution is -2.53. The fourth-order valence-corrected chi connectivity index (χ4v) is 2.07. The van der Waals surface area contributed by atoms with Crippen LogP contribution in [0.25, 0.3) is 0 Å². The molecule has 1 aliphatic carbocycles. The van der Waals surface area contributed by atoms with Crippen molar-refractivity contribution in [3.63, 3.8) is 0 Å². The van der Waals surface area contributed by atoms with E-state index in [1.807, 2.05) is 11.9 Å². The van der Waals surface area contributed by atoms with Crippen molar-refractivity contribution in [3.05, 3.63) is 0 Å². The lowest BCUT2D eigenvalue weighted by Gasteiger charge is -2.31. The molecule has 2 fully saturated rings. The quantitative estimate of drug-likeness (QED) is 0.728. The number of likely N-dealkylation sites (N-methyl/N-ethyl adjacent to an activating group) is 1. The number of rotatable bonds is 3. The Bertz CT molecular complexity index is 235. The van der Waals surface area contributed by atoms with E-state index in [1.165, 1.54) is 12.8 Å². The van der Waals surface area contributed by atoms with E-state index in [4.69, 9.17) is 4.74 Å². The Morgan fingerprint density at radius 2 is 2.27 bits per heavy atom. The van der Waals surface area contributed by atoms with Crippen LogP contribution >= 0.6 is 0 Å². The number of hydrogen-bond donors (Lipinski definition) is 1. The molecule has 4 heteroatoms. The Kier molecular flexibility index (Phi) is 3.26. The molecule has 0 bridgehead atoms. The van der Waals surface area contributed by atoms with Crippen molar-refractivity contribution in [1.29, 1.82) is 0 Å². The van der Waals surface area contributed by atoms with E-state index < -0.39 is 0 Å². The zero-order valence-electron chi connectivity index (χ0n) is 9.53. The Morgan fingerprint density at radius 3 is 2.80 bits per heavy atom. The molecule has 1 saturated heterocycles. The van der Waals surface area contributed by atoms with Gasteiger partial charge in [0.2, 0.25) is 5.91 Å². The Morgan fingerprint density at radius 1 is 1.53 bits per heavy atom. The zero-order chi connectivity index (χ0) is 10.8. The Balaban J connectivity index is 1.87. The average Bonchev–Trinajstić information content (AvgIpc) is 3.11. The molecule has 15 heavy (non-hydrogen) atoms. The Hall–Kier alpha value is -0.610. The highest BCUT2D eigenvalue weighted by Crippen LogP contribution is 2.34. The first-order valence-corrected chi connectivity index (χ1v) is 5.78. The van der Waals surface area contributed by atoms with Crippen molar-refractivity contribution < 1.29 is 9.53 Å². The second kappa shape index (κ2) is 4.49. The first kappa shape index (κ1) is 10.9. The summed E-state index contributed by atoms with van der Waals surface area (Å²) in [4.78, 5) is 13.9. The molecule has 1 amide bonds. The molecule has 1 saturated carbocycles. The molecule has 0 aromatic heterocycles. The van der Waals surface area contributed by atoms with Gasteiger partial charge in [-0.3, -0.25) is 4.79 Å². The van der Waals surface area contributed by atoms with Crippen molar-refractivity contribution in [2.75, 3.05) is 26.8 Å². The molecule has 0 radical (unpaired) electrons. The Labute approximate surface area is 91.0 Å². The van der Waals surface area contributed by atoms with Crippen molar-refractivity contribution in [1.82, 2.24) is 10.2 Å². The molecule has 2 rings (SSSR count). The van der Waals surface area contributed by atoms with Gasteiger partial charge in [0.1, 0.15) is 6.04 Å². The van der Waals surface area contributed by atoms with Crippen molar-refractivity contribution in [2.24, 2.45) is 5.92 Å². The summed E-state index contributed by atoms with van der Waals surface area (Å²) in [5.74, 6) is 0.901. The molecule has 0 aromatic carbocycles. The summed E-state index contributed by atoms with van der Waals surface area (Å²) in [6.45, 7) is 4.15. The summed E-state index contributed by atoms with van der Waals surface area (Å²) in [6, 6.07) is 0.242. The number of carbonyl (C=O) groups is 1. The molecule has 1 aliphatic heterocycles. The third-order valence-electron chi connectivity index (χ3n) is 3.48. The van der Waals surface area contributed by atoms with Crippen LogP contribution in [0.2, 0.25) is 0 Å². The molecule has 2 atom stereocenters. The third kappa shape index (κ3) is 2.49. The minimum absolute atomic E-state index is 0.134. The van der Waals surface area contributed by atoms with E-state index in [-0.39, 0.29) is 11.9 Å². The molecule has 1 N–H and O–H groups in total. The number of amides is 1. The monoisotopic (exact) mass is 212 g/mol. The SMILES string of the molecule is CC(C1CC1)N(C)C(=O)C1COCCN1. The van der Waals surface area contributed by atoms with Gasteiger partial charge in [-0.1, -0.05) is 0 Å². The van der Waals surface area contributed by atoms with Crippen LogP contribution in [0.15, 0.2) is 0 Å². The van der Waals surface area contributed by atoms with E-state index in [9.17, 15) is 4.79 Å². The first-order chi connectivity index (χ1) is 7.20. The molecular weight excluding hydrogens is 192 g/mol. The van der Waals surface area contributed by atoms with Gasteiger partial charge in [-0.15, -0.1) is 0 Å². The zero-order valence-corrected chi connectivity index (χ0v) is 9.53. The van der Waals surface area contributed by atoms with Gasteiger partial charge >= 0.3 is 0 Å². The van der Waals surface area contributed by atoms with Gasteiger partial charge < -0.3 is 15.0 Å². The van der Waals surface area contributed by atoms with Crippen LogP contribution in [0.3, 0.4) is 0 Å². The fraction of sp³-hybridized carbons (Fsp3) is 0.909. The van der Waals surface area contributed by atoms with Crippen molar-refractivity contribution in [3.8, 4) is 0 Å². The van der Waals surface area contributed by atoms with Crippen LogP contribution in [0.1, 0.15) is 19.8 Å². The van der Waals surface area contributed by atoms with Crippen LogP contribution in [-0.2, 0) is 9.53 Å². The molecule has 86 valence electrons. The summed E-state index contributed by atoms with van der Waals surface area (Å²) in [7, 11) is 1.90. The lowest BCUT2D eigenvalue weighted by atomic mass is 10.1. The maximum absolute atomic E-state index is 12.1. The van der Waals surface area contributed by atoms with Crippen LogP contribution in [-0.4, -0.2) is 49.7 Å². The minimum atomic E-state index is -0.134. The molecular formula is C11H20N2O2. The maximum Gasteiger partial charge on any atom is 0.242 e. The van der Waals surface area contributed by atoms with E-state index in [0.717, 1.165) is 12.5 Å².